The summed E-state index contributed by atoms with van der Waals surface area (Å²) in [6.45, 7) is 1.62. The number of furan rings is 1. The van der Waals surface area contributed by atoms with Gasteiger partial charge in [0.25, 0.3) is 11.8 Å². The van der Waals surface area contributed by atoms with E-state index in [0.717, 1.165) is 5.69 Å². The van der Waals surface area contributed by atoms with Crippen molar-refractivity contribution in [3.63, 3.8) is 0 Å². The number of likely N-dealkylation sites (tertiary alicyclic amines) is 1. The lowest BCUT2D eigenvalue weighted by atomic mass is 10.1. The second-order valence-corrected chi connectivity index (χ2v) is 6.74. The highest BCUT2D eigenvalue weighted by atomic mass is 19.3. The molecule has 4 heterocycles. The zero-order valence-corrected chi connectivity index (χ0v) is 13.8. The zero-order chi connectivity index (χ0) is 17.4. The fourth-order valence-corrected chi connectivity index (χ4v) is 3.66. The molecule has 0 bridgehead atoms. The molecular formula is C17H20F2N4O2. The maximum absolute atomic E-state index is 13.5. The third kappa shape index (κ3) is 3.30. The number of hydrogen-bond donors (Lipinski definition) is 0. The molecule has 0 aromatic carbocycles. The lowest BCUT2D eigenvalue weighted by Crippen LogP contribution is -2.46. The molecule has 134 valence electrons. The quantitative estimate of drug-likeness (QED) is 0.852. The zero-order valence-electron chi connectivity index (χ0n) is 13.8. The lowest BCUT2D eigenvalue weighted by Gasteiger charge is -2.32. The van der Waals surface area contributed by atoms with E-state index in [4.69, 9.17) is 4.42 Å². The molecule has 1 saturated heterocycles. The smallest absolute Gasteiger partial charge is 0.290 e. The van der Waals surface area contributed by atoms with E-state index in [9.17, 15) is 13.6 Å². The molecule has 0 N–H and O–H groups in total. The van der Waals surface area contributed by atoms with E-state index >= 15 is 0 Å². The summed E-state index contributed by atoms with van der Waals surface area (Å²) in [5, 5.41) is 4.28. The number of aryl methyl sites for hydroxylation is 1. The number of carbonyl (C=O) groups is 1. The fraction of sp³-hybridized carbons (Fsp3) is 0.529. The van der Waals surface area contributed by atoms with Crippen molar-refractivity contribution in [2.24, 2.45) is 0 Å². The van der Waals surface area contributed by atoms with E-state index in [1.165, 1.54) is 6.26 Å². The van der Waals surface area contributed by atoms with E-state index in [2.05, 4.69) is 5.10 Å². The first-order valence-electron chi connectivity index (χ1n) is 8.47. The molecule has 2 aromatic rings. The van der Waals surface area contributed by atoms with E-state index < -0.39 is 5.92 Å². The molecular weight excluding hydrogens is 330 g/mol. The molecule has 4 rings (SSSR count). The van der Waals surface area contributed by atoms with E-state index in [-0.39, 0.29) is 30.7 Å². The van der Waals surface area contributed by atoms with Crippen LogP contribution in [-0.2, 0) is 13.1 Å². The van der Waals surface area contributed by atoms with Crippen LogP contribution in [0.15, 0.2) is 35.1 Å². The van der Waals surface area contributed by atoms with Gasteiger partial charge in [0.05, 0.1) is 25.0 Å². The first-order valence-corrected chi connectivity index (χ1v) is 8.47. The minimum absolute atomic E-state index is 0.118. The third-order valence-electron chi connectivity index (χ3n) is 4.96. The van der Waals surface area contributed by atoms with Crippen LogP contribution in [0.4, 0.5) is 8.78 Å². The van der Waals surface area contributed by atoms with Crippen LogP contribution in [0.5, 0.6) is 0 Å². The number of hydrogen-bond acceptors (Lipinski definition) is 4. The summed E-state index contributed by atoms with van der Waals surface area (Å²) in [4.78, 5) is 16.4. The average Bonchev–Trinajstić information content (AvgIpc) is 3.29. The number of rotatable bonds is 3. The minimum Gasteiger partial charge on any atom is -0.459 e. The van der Waals surface area contributed by atoms with Crippen LogP contribution in [0.1, 0.15) is 29.1 Å². The van der Waals surface area contributed by atoms with Gasteiger partial charge >= 0.3 is 0 Å². The van der Waals surface area contributed by atoms with Gasteiger partial charge in [-0.15, -0.1) is 0 Å². The summed E-state index contributed by atoms with van der Waals surface area (Å²) in [5.41, 5.74) is 0.939. The van der Waals surface area contributed by atoms with Crippen LogP contribution < -0.4 is 0 Å². The van der Waals surface area contributed by atoms with Crippen molar-refractivity contribution < 1.29 is 18.0 Å². The van der Waals surface area contributed by atoms with E-state index in [1.807, 2.05) is 10.7 Å². The Morgan fingerprint density at radius 2 is 2.24 bits per heavy atom. The Balaban J connectivity index is 1.56. The van der Waals surface area contributed by atoms with E-state index in [0.29, 0.717) is 32.6 Å². The maximum atomic E-state index is 13.5. The van der Waals surface area contributed by atoms with Crippen molar-refractivity contribution in [2.45, 2.75) is 37.9 Å². The van der Waals surface area contributed by atoms with Crippen molar-refractivity contribution in [3.05, 3.63) is 42.1 Å². The largest absolute Gasteiger partial charge is 0.459 e. The number of aromatic nitrogens is 2. The predicted molar refractivity (Wildman–Crippen MR) is 85.2 cm³/mol. The standard InChI is InChI=1S/C17H20F2N4O2/c18-17(19)5-8-21(12-17)10-13-4-7-23-14(3-6-20-23)11-22(13)16(24)15-2-1-9-25-15/h1-3,6,9,13H,4-5,7-8,10-12H2. The number of halogens is 2. The molecule has 0 spiro atoms. The predicted octanol–water partition coefficient (Wildman–Crippen LogP) is 2.23. The van der Waals surface area contributed by atoms with Crippen LogP contribution >= 0.6 is 0 Å². The van der Waals surface area contributed by atoms with Crippen molar-refractivity contribution in [3.8, 4) is 0 Å². The van der Waals surface area contributed by atoms with E-state index in [1.54, 1.807) is 28.1 Å². The van der Waals surface area contributed by atoms with Crippen LogP contribution in [0, 0.1) is 0 Å². The van der Waals surface area contributed by atoms with Gasteiger partial charge < -0.3 is 9.32 Å². The summed E-state index contributed by atoms with van der Waals surface area (Å²) >= 11 is 0. The molecule has 25 heavy (non-hydrogen) atoms. The summed E-state index contributed by atoms with van der Waals surface area (Å²) in [7, 11) is 0. The van der Waals surface area contributed by atoms with Gasteiger partial charge in [-0.05, 0) is 24.6 Å². The maximum Gasteiger partial charge on any atom is 0.290 e. The Bertz CT molecular complexity index is 744. The Hall–Kier alpha value is -2.22. The average molecular weight is 350 g/mol. The highest BCUT2D eigenvalue weighted by molar-refractivity contribution is 5.91. The number of amides is 1. The number of fused-ring (bicyclic) bond motifs is 1. The number of carbonyl (C=O) groups excluding carboxylic acids is 1. The monoisotopic (exact) mass is 350 g/mol. The van der Waals surface area contributed by atoms with Gasteiger partial charge in [-0.25, -0.2) is 8.78 Å². The molecule has 0 radical (unpaired) electrons. The molecule has 8 heteroatoms. The summed E-state index contributed by atoms with van der Waals surface area (Å²) < 4.78 is 34.2. The molecule has 1 unspecified atom stereocenters. The van der Waals surface area contributed by atoms with Crippen LogP contribution in [-0.4, -0.2) is 57.1 Å². The molecule has 1 atom stereocenters. The van der Waals surface area contributed by atoms with Crippen LogP contribution in [0.3, 0.4) is 0 Å². The Labute approximate surface area is 144 Å². The molecule has 2 aromatic heterocycles. The van der Waals surface area contributed by atoms with Gasteiger partial charge in [0, 0.05) is 38.3 Å². The van der Waals surface area contributed by atoms with Gasteiger partial charge in [-0.3, -0.25) is 14.4 Å². The van der Waals surface area contributed by atoms with Crippen LogP contribution in [0.25, 0.3) is 0 Å². The second kappa shape index (κ2) is 6.25. The SMILES string of the molecule is O=C(c1ccco1)N1Cc2ccnn2CCC1CN1CCC(F)(F)C1. The molecule has 2 aliphatic heterocycles. The Morgan fingerprint density at radius 3 is 2.96 bits per heavy atom. The molecule has 1 fully saturated rings. The second-order valence-electron chi connectivity index (χ2n) is 6.74. The number of nitrogens with zero attached hydrogens (tertiary/aromatic N) is 4. The summed E-state index contributed by atoms with van der Waals surface area (Å²) in [5.74, 6) is -2.58. The minimum atomic E-state index is -2.63. The summed E-state index contributed by atoms with van der Waals surface area (Å²) in [6.07, 6.45) is 3.73. The molecule has 6 nitrogen and oxygen atoms in total. The highest BCUT2D eigenvalue weighted by Crippen LogP contribution is 2.28. The van der Waals surface area contributed by atoms with Gasteiger partial charge in [0.1, 0.15) is 0 Å². The van der Waals surface area contributed by atoms with Gasteiger partial charge in [-0.1, -0.05) is 0 Å². The van der Waals surface area contributed by atoms with Gasteiger partial charge in [0.2, 0.25) is 0 Å². The van der Waals surface area contributed by atoms with Crippen molar-refractivity contribution in [1.82, 2.24) is 19.6 Å². The Morgan fingerprint density at radius 1 is 1.36 bits per heavy atom. The first-order chi connectivity index (χ1) is 12.0. The topological polar surface area (TPSA) is 54.5 Å². The van der Waals surface area contributed by atoms with Crippen molar-refractivity contribution in [1.29, 1.82) is 0 Å². The fourth-order valence-electron chi connectivity index (χ4n) is 3.66. The Kier molecular flexibility index (Phi) is 4.07. The van der Waals surface area contributed by atoms with Crippen molar-refractivity contribution >= 4 is 5.91 Å². The van der Waals surface area contributed by atoms with Gasteiger partial charge in [-0.2, -0.15) is 5.10 Å². The highest BCUT2D eigenvalue weighted by Gasteiger charge is 2.40. The number of alkyl halides is 2. The summed E-state index contributed by atoms with van der Waals surface area (Å²) in [6, 6.07) is 5.03. The lowest BCUT2D eigenvalue weighted by molar-refractivity contribution is 0.00908. The molecule has 0 saturated carbocycles. The van der Waals surface area contributed by atoms with Crippen molar-refractivity contribution in [2.75, 3.05) is 19.6 Å². The normalized spacial score (nSPS) is 23.4. The third-order valence-corrected chi connectivity index (χ3v) is 4.96. The van der Waals surface area contributed by atoms with Crippen LogP contribution in [0.2, 0.25) is 0 Å². The van der Waals surface area contributed by atoms with Gasteiger partial charge in [0.15, 0.2) is 5.76 Å². The molecule has 0 aliphatic carbocycles. The first kappa shape index (κ1) is 16.3. The molecule has 1 amide bonds. The molecule has 2 aliphatic rings.